The van der Waals surface area contributed by atoms with Crippen molar-refractivity contribution in [3.63, 3.8) is 0 Å². The number of ether oxygens (including phenoxy) is 1. The lowest BCUT2D eigenvalue weighted by Gasteiger charge is -2.04. The molecule has 0 rings (SSSR count). The lowest BCUT2D eigenvalue weighted by molar-refractivity contribution is -0.0858. The minimum absolute atomic E-state index is 0.596. The van der Waals surface area contributed by atoms with Gasteiger partial charge in [-0.05, 0) is 13.3 Å². The highest BCUT2D eigenvalue weighted by atomic mass is 16.6. The summed E-state index contributed by atoms with van der Waals surface area (Å²) in [4.78, 5) is 0. The van der Waals surface area contributed by atoms with Gasteiger partial charge in [0.1, 0.15) is 0 Å². The zero-order chi connectivity index (χ0) is 7.11. The van der Waals surface area contributed by atoms with Crippen LogP contribution in [-0.2, 0) is 4.74 Å². The van der Waals surface area contributed by atoms with E-state index in [-0.39, 0.29) is 0 Å². The molecule has 0 aromatic carbocycles. The van der Waals surface area contributed by atoms with Gasteiger partial charge in [-0.2, -0.15) is 0 Å². The molecule has 0 amide bonds. The molecule has 0 saturated heterocycles. The van der Waals surface area contributed by atoms with Crippen molar-refractivity contribution in [2.45, 2.75) is 39.4 Å². The molecule has 56 valence electrons. The van der Waals surface area contributed by atoms with Gasteiger partial charge in [0.2, 0.25) is 0 Å². The minimum Gasteiger partial charge on any atom is -0.368 e. The van der Waals surface area contributed by atoms with E-state index in [2.05, 4.69) is 6.92 Å². The van der Waals surface area contributed by atoms with Gasteiger partial charge >= 0.3 is 0 Å². The molecule has 0 fully saturated rings. The van der Waals surface area contributed by atoms with E-state index in [0.717, 1.165) is 6.42 Å². The summed E-state index contributed by atoms with van der Waals surface area (Å²) >= 11 is 0. The molecule has 2 nitrogen and oxygen atoms in total. The third-order valence-electron chi connectivity index (χ3n) is 1.11. The predicted octanol–water partition coefficient (Wildman–Crippen LogP) is 1.53. The normalized spacial score (nSPS) is 13.7. The third-order valence-corrected chi connectivity index (χ3v) is 1.11. The Morgan fingerprint density at radius 1 is 1.44 bits per heavy atom. The average Bonchev–Trinajstić information content (AvgIpc) is 1.80. The number of aliphatic hydroxyl groups excluding tert-OH is 1. The van der Waals surface area contributed by atoms with Gasteiger partial charge in [0.15, 0.2) is 6.29 Å². The molecular formula is C7H16O2. The minimum atomic E-state index is -0.596. The molecule has 0 aromatic rings. The molecule has 0 aliphatic rings. The van der Waals surface area contributed by atoms with Gasteiger partial charge in [-0.1, -0.05) is 19.8 Å². The summed E-state index contributed by atoms with van der Waals surface area (Å²) in [5.74, 6) is 0. The highest BCUT2D eigenvalue weighted by Crippen LogP contribution is 1.95. The topological polar surface area (TPSA) is 29.5 Å². The number of hydrogen-bond donors (Lipinski definition) is 1. The molecule has 1 N–H and O–H groups in total. The first-order valence-corrected chi connectivity index (χ1v) is 3.57. The van der Waals surface area contributed by atoms with Crippen LogP contribution in [0.1, 0.15) is 33.1 Å². The Hall–Kier alpha value is -0.0800. The second-order valence-electron chi connectivity index (χ2n) is 2.18. The van der Waals surface area contributed by atoms with Crippen LogP contribution < -0.4 is 0 Å². The highest BCUT2D eigenvalue weighted by Gasteiger charge is 1.91. The molecule has 0 radical (unpaired) electrons. The first-order valence-electron chi connectivity index (χ1n) is 3.57. The quantitative estimate of drug-likeness (QED) is 0.454. The van der Waals surface area contributed by atoms with E-state index in [1.807, 2.05) is 0 Å². The average molecular weight is 132 g/mol. The number of aliphatic hydroxyl groups is 1. The van der Waals surface area contributed by atoms with Crippen molar-refractivity contribution in [3.8, 4) is 0 Å². The second-order valence-corrected chi connectivity index (χ2v) is 2.18. The maximum Gasteiger partial charge on any atom is 0.151 e. The zero-order valence-electron chi connectivity index (χ0n) is 6.26. The van der Waals surface area contributed by atoms with E-state index >= 15 is 0 Å². The van der Waals surface area contributed by atoms with Gasteiger partial charge in [0.25, 0.3) is 0 Å². The molecule has 9 heavy (non-hydrogen) atoms. The van der Waals surface area contributed by atoms with Crippen LogP contribution in [-0.4, -0.2) is 18.0 Å². The first kappa shape index (κ1) is 8.92. The van der Waals surface area contributed by atoms with Gasteiger partial charge in [0, 0.05) is 6.61 Å². The van der Waals surface area contributed by atoms with Crippen molar-refractivity contribution in [1.82, 2.24) is 0 Å². The standard InChI is InChI=1S/C7H16O2/c1-3-4-5-6-9-7(2)8/h7-8H,3-6H2,1-2H3. The first-order chi connectivity index (χ1) is 4.27. The number of unbranched alkanes of at least 4 members (excludes halogenated alkanes) is 2. The molecule has 0 aliphatic carbocycles. The number of hydrogen-bond acceptors (Lipinski definition) is 2. The van der Waals surface area contributed by atoms with Crippen molar-refractivity contribution in [3.05, 3.63) is 0 Å². The van der Waals surface area contributed by atoms with E-state index in [1.54, 1.807) is 6.92 Å². The van der Waals surface area contributed by atoms with Crippen LogP contribution >= 0.6 is 0 Å². The maximum absolute atomic E-state index is 8.63. The van der Waals surface area contributed by atoms with Crippen molar-refractivity contribution >= 4 is 0 Å². The van der Waals surface area contributed by atoms with Crippen LogP contribution in [0.5, 0.6) is 0 Å². The van der Waals surface area contributed by atoms with Crippen LogP contribution in [0.3, 0.4) is 0 Å². The zero-order valence-corrected chi connectivity index (χ0v) is 6.26. The molecule has 2 heteroatoms. The van der Waals surface area contributed by atoms with E-state index in [4.69, 9.17) is 9.84 Å². The summed E-state index contributed by atoms with van der Waals surface area (Å²) in [6.07, 6.45) is 2.85. The van der Waals surface area contributed by atoms with Gasteiger partial charge in [-0.15, -0.1) is 0 Å². The van der Waals surface area contributed by atoms with Crippen molar-refractivity contribution in [1.29, 1.82) is 0 Å². The fourth-order valence-corrected chi connectivity index (χ4v) is 0.606. The molecule has 0 aliphatic heterocycles. The van der Waals surface area contributed by atoms with Crippen LogP contribution in [0.25, 0.3) is 0 Å². The fourth-order valence-electron chi connectivity index (χ4n) is 0.606. The molecule has 0 spiro atoms. The van der Waals surface area contributed by atoms with Crippen LogP contribution in [0.4, 0.5) is 0 Å². The van der Waals surface area contributed by atoms with Gasteiger partial charge < -0.3 is 9.84 Å². The van der Waals surface area contributed by atoms with Gasteiger partial charge in [0.05, 0.1) is 0 Å². The lowest BCUT2D eigenvalue weighted by atomic mass is 10.3. The summed E-state index contributed by atoms with van der Waals surface area (Å²) in [6, 6.07) is 0. The summed E-state index contributed by atoms with van der Waals surface area (Å²) < 4.78 is 4.90. The van der Waals surface area contributed by atoms with Crippen molar-refractivity contribution < 1.29 is 9.84 Å². The monoisotopic (exact) mass is 132 g/mol. The van der Waals surface area contributed by atoms with Crippen LogP contribution in [0, 0.1) is 0 Å². The van der Waals surface area contributed by atoms with Gasteiger partial charge in [-0.3, -0.25) is 0 Å². The molecule has 0 heterocycles. The largest absolute Gasteiger partial charge is 0.368 e. The van der Waals surface area contributed by atoms with E-state index in [1.165, 1.54) is 12.8 Å². The Balaban J connectivity index is 2.75. The smallest absolute Gasteiger partial charge is 0.151 e. The van der Waals surface area contributed by atoms with Gasteiger partial charge in [-0.25, -0.2) is 0 Å². The molecule has 1 atom stereocenters. The summed E-state index contributed by atoms with van der Waals surface area (Å²) in [7, 11) is 0. The van der Waals surface area contributed by atoms with E-state index < -0.39 is 6.29 Å². The Morgan fingerprint density at radius 3 is 2.56 bits per heavy atom. The summed E-state index contributed by atoms with van der Waals surface area (Å²) in [6.45, 7) is 4.46. The Bertz CT molecular complexity index is 52.9. The Labute approximate surface area is 56.8 Å². The van der Waals surface area contributed by atoms with Crippen molar-refractivity contribution in [2.24, 2.45) is 0 Å². The van der Waals surface area contributed by atoms with E-state index in [0.29, 0.717) is 6.61 Å². The molecule has 1 unspecified atom stereocenters. The molecular weight excluding hydrogens is 116 g/mol. The van der Waals surface area contributed by atoms with Crippen molar-refractivity contribution in [2.75, 3.05) is 6.61 Å². The lowest BCUT2D eigenvalue weighted by Crippen LogP contribution is -2.06. The number of rotatable bonds is 5. The van der Waals surface area contributed by atoms with Crippen LogP contribution in [0.15, 0.2) is 0 Å². The maximum atomic E-state index is 8.63. The SMILES string of the molecule is CCCCCOC(C)O. The molecule has 0 saturated carbocycles. The summed E-state index contributed by atoms with van der Waals surface area (Å²) in [5.41, 5.74) is 0. The highest BCUT2D eigenvalue weighted by molar-refractivity contribution is 4.35. The van der Waals surface area contributed by atoms with E-state index in [9.17, 15) is 0 Å². The fraction of sp³-hybridized carbons (Fsp3) is 1.00. The third kappa shape index (κ3) is 7.92. The predicted molar refractivity (Wildman–Crippen MR) is 37.2 cm³/mol. The van der Waals surface area contributed by atoms with Crippen LogP contribution in [0.2, 0.25) is 0 Å². The molecule has 0 bridgehead atoms. The summed E-state index contributed by atoms with van der Waals surface area (Å²) in [5, 5.41) is 8.63. The Kier molecular flexibility index (Phi) is 5.99. The second kappa shape index (κ2) is 6.05. The Morgan fingerprint density at radius 2 is 2.11 bits per heavy atom. The molecule has 0 aromatic heterocycles.